The van der Waals surface area contributed by atoms with Crippen molar-refractivity contribution in [3.63, 3.8) is 0 Å². The van der Waals surface area contributed by atoms with Gasteiger partial charge in [-0.2, -0.15) is 5.10 Å². The Kier molecular flexibility index (Phi) is 6.61. The molecule has 25 heavy (non-hydrogen) atoms. The second-order valence-corrected chi connectivity index (χ2v) is 6.46. The third-order valence-electron chi connectivity index (χ3n) is 4.58. The maximum absolute atomic E-state index is 12.0. The van der Waals surface area contributed by atoms with Crippen LogP contribution in [0, 0.1) is 13.8 Å². The first-order chi connectivity index (χ1) is 11.9. The molecule has 2 N–H and O–H groups in total. The third-order valence-corrected chi connectivity index (χ3v) is 4.58. The first-order valence-corrected chi connectivity index (χ1v) is 8.84. The predicted octanol–water partition coefficient (Wildman–Crippen LogP) is 2.22. The Morgan fingerprint density at radius 3 is 2.52 bits per heavy atom. The minimum atomic E-state index is -0.331. The van der Waals surface area contributed by atoms with E-state index >= 15 is 0 Å². The van der Waals surface area contributed by atoms with E-state index in [0.717, 1.165) is 42.6 Å². The van der Waals surface area contributed by atoms with Gasteiger partial charge in [-0.1, -0.05) is 0 Å². The summed E-state index contributed by atoms with van der Waals surface area (Å²) in [5.41, 5.74) is 2.86. The summed E-state index contributed by atoms with van der Waals surface area (Å²) in [7, 11) is 1.88. The van der Waals surface area contributed by atoms with Gasteiger partial charge in [0.1, 0.15) is 6.10 Å². The number of aryl methyl sites for hydroxylation is 2. The number of hydrogen-bond acceptors (Lipinski definition) is 4. The fourth-order valence-corrected chi connectivity index (χ4v) is 3.11. The third kappa shape index (κ3) is 5.34. The highest BCUT2D eigenvalue weighted by Gasteiger charge is 2.24. The average molecular weight is 348 g/mol. The standard InChI is InChI=1S/C18H28N4O3/c1-5-19-18(24)20-14-6-8-15(9-7-14)25-17(23)11-10-16-12(2)21-22(4)13(16)3/h10-11,14-15H,5-9H2,1-4H3,(H2,19,20,24). The molecule has 1 aromatic rings. The molecule has 7 nitrogen and oxygen atoms in total. The maximum atomic E-state index is 12.0. The lowest BCUT2D eigenvalue weighted by Gasteiger charge is -2.28. The van der Waals surface area contributed by atoms with Crippen LogP contribution in [0.2, 0.25) is 0 Å². The van der Waals surface area contributed by atoms with E-state index < -0.39 is 0 Å². The number of carbonyl (C=O) groups excluding carboxylic acids is 2. The molecule has 1 fully saturated rings. The van der Waals surface area contributed by atoms with Crippen molar-refractivity contribution in [2.75, 3.05) is 6.54 Å². The van der Waals surface area contributed by atoms with E-state index in [2.05, 4.69) is 15.7 Å². The van der Waals surface area contributed by atoms with Crippen molar-refractivity contribution in [1.29, 1.82) is 0 Å². The van der Waals surface area contributed by atoms with Gasteiger partial charge in [0.2, 0.25) is 0 Å². The average Bonchev–Trinajstić information content (AvgIpc) is 2.80. The van der Waals surface area contributed by atoms with Gasteiger partial charge in [0.05, 0.1) is 5.69 Å². The van der Waals surface area contributed by atoms with Crippen LogP contribution in [0.5, 0.6) is 0 Å². The number of aromatic nitrogens is 2. The van der Waals surface area contributed by atoms with Gasteiger partial charge in [0, 0.05) is 37.0 Å². The van der Waals surface area contributed by atoms with Gasteiger partial charge in [-0.25, -0.2) is 9.59 Å². The quantitative estimate of drug-likeness (QED) is 0.631. The van der Waals surface area contributed by atoms with Gasteiger partial charge in [-0.15, -0.1) is 0 Å². The molecule has 0 aromatic carbocycles. The number of nitrogens with one attached hydrogen (secondary N) is 2. The first kappa shape index (κ1) is 19.0. The van der Waals surface area contributed by atoms with Gasteiger partial charge in [0.15, 0.2) is 0 Å². The summed E-state index contributed by atoms with van der Waals surface area (Å²) in [6.07, 6.45) is 6.32. The fraction of sp³-hybridized carbons (Fsp3) is 0.611. The molecule has 2 rings (SSSR count). The molecule has 1 aliphatic rings. The van der Waals surface area contributed by atoms with Crippen molar-refractivity contribution in [2.24, 2.45) is 7.05 Å². The summed E-state index contributed by atoms with van der Waals surface area (Å²) in [4.78, 5) is 23.6. The monoisotopic (exact) mass is 348 g/mol. The first-order valence-electron chi connectivity index (χ1n) is 8.84. The van der Waals surface area contributed by atoms with E-state index in [0.29, 0.717) is 6.54 Å². The molecule has 0 radical (unpaired) electrons. The van der Waals surface area contributed by atoms with Gasteiger partial charge >= 0.3 is 12.0 Å². The Morgan fingerprint density at radius 2 is 1.96 bits per heavy atom. The molecular formula is C18H28N4O3. The topological polar surface area (TPSA) is 85.2 Å². The summed E-state index contributed by atoms with van der Waals surface area (Å²) in [5.74, 6) is -0.331. The molecule has 0 unspecified atom stereocenters. The SMILES string of the molecule is CCNC(=O)NC1CCC(OC(=O)C=Cc2c(C)nn(C)c2C)CC1. The number of carbonyl (C=O) groups is 2. The number of nitrogens with zero attached hydrogens (tertiary/aromatic N) is 2. The lowest BCUT2D eigenvalue weighted by atomic mass is 9.93. The Morgan fingerprint density at radius 1 is 1.28 bits per heavy atom. The smallest absolute Gasteiger partial charge is 0.331 e. The largest absolute Gasteiger partial charge is 0.459 e. The molecule has 0 aliphatic heterocycles. The molecule has 0 bridgehead atoms. The van der Waals surface area contributed by atoms with Gasteiger partial charge in [-0.05, 0) is 52.5 Å². The van der Waals surface area contributed by atoms with E-state index in [1.54, 1.807) is 10.8 Å². The molecule has 1 saturated carbocycles. The Hall–Kier alpha value is -2.31. The van der Waals surface area contributed by atoms with Gasteiger partial charge in [0.25, 0.3) is 0 Å². The van der Waals surface area contributed by atoms with Gasteiger partial charge < -0.3 is 15.4 Å². The Balaban J connectivity index is 1.79. The van der Waals surface area contributed by atoms with E-state index in [9.17, 15) is 9.59 Å². The highest BCUT2D eigenvalue weighted by molar-refractivity contribution is 5.87. The lowest BCUT2D eigenvalue weighted by molar-refractivity contribution is -0.144. The predicted molar refractivity (Wildman–Crippen MR) is 96.1 cm³/mol. The van der Waals surface area contributed by atoms with E-state index in [-0.39, 0.29) is 24.1 Å². The van der Waals surface area contributed by atoms with Crippen molar-refractivity contribution >= 4 is 18.1 Å². The highest BCUT2D eigenvalue weighted by atomic mass is 16.5. The van der Waals surface area contributed by atoms with E-state index in [1.165, 1.54) is 6.08 Å². The molecular weight excluding hydrogens is 320 g/mol. The summed E-state index contributed by atoms with van der Waals surface area (Å²) >= 11 is 0. The van der Waals surface area contributed by atoms with Crippen LogP contribution < -0.4 is 10.6 Å². The van der Waals surface area contributed by atoms with Crippen LogP contribution in [0.15, 0.2) is 6.08 Å². The normalized spacial score (nSPS) is 20.5. The second-order valence-electron chi connectivity index (χ2n) is 6.46. The number of hydrogen-bond donors (Lipinski definition) is 2. The lowest BCUT2D eigenvalue weighted by Crippen LogP contribution is -2.44. The molecule has 2 amide bonds. The zero-order valence-corrected chi connectivity index (χ0v) is 15.5. The summed E-state index contributed by atoms with van der Waals surface area (Å²) in [6, 6.07) is 0.0193. The number of urea groups is 1. The maximum Gasteiger partial charge on any atom is 0.331 e. The molecule has 7 heteroatoms. The van der Waals surface area contributed by atoms with E-state index in [4.69, 9.17) is 4.74 Å². The molecule has 1 aliphatic carbocycles. The van der Waals surface area contributed by atoms with Crippen LogP contribution in [0.3, 0.4) is 0 Å². The van der Waals surface area contributed by atoms with Crippen LogP contribution in [0.25, 0.3) is 6.08 Å². The minimum absolute atomic E-state index is 0.0828. The zero-order valence-electron chi connectivity index (χ0n) is 15.5. The number of amides is 2. The van der Waals surface area contributed by atoms with Crippen molar-refractivity contribution < 1.29 is 14.3 Å². The minimum Gasteiger partial charge on any atom is -0.459 e. The molecule has 0 atom stereocenters. The summed E-state index contributed by atoms with van der Waals surface area (Å²) < 4.78 is 7.31. The van der Waals surface area contributed by atoms with Crippen LogP contribution in [0.1, 0.15) is 49.6 Å². The van der Waals surface area contributed by atoms with Crippen LogP contribution >= 0.6 is 0 Å². The molecule has 0 saturated heterocycles. The fourth-order valence-electron chi connectivity index (χ4n) is 3.11. The van der Waals surface area contributed by atoms with Crippen molar-refractivity contribution in [3.05, 3.63) is 23.0 Å². The number of ether oxygens (including phenoxy) is 1. The van der Waals surface area contributed by atoms with Crippen molar-refractivity contribution in [3.8, 4) is 0 Å². The Labute approximate surface area is 148 Å². The Bertz CT molecular complexity index is 643. The summed E-state index contributed by atoms with van der Waals surface area (Å²) in [6.45, 7) is 6.38. The molecule has 1 heterocycles. The van der Waals surface area contributed by atoms with Crippen LogP contribution in [-0.4, -0.2) is 40.5 Å². The molecule has 0 spiro atoms. The summed E-state index contributed by atoms with van der Waals surface area (Å²) in [5, 5.41) is 9.99. The van der Waals surface area contributed by atoms with Crippen molar-refractivity contribution in [2.45, 2.75) is 58.6 Å². The zero-order chi connectivity index (χ0) is 18.4. The molecule has 138 valence electrons. The van der Waals surface area contributed by atoms with Gasteiger partial charge in [-0.3, -0.25) is 4.68 Å². The van der Waals surface area contributed by atoms with E-state index in [1.807, 2.05) is 27.8 Å². The highest BCUT2D eigenvalue weighted by Crippen LogP contribution is 2.22. The van der Waals surface area contributed by atoms with Crippen LogP contribution in [0.4, 0.5) is 4.79 Å². The van der Waals surface area contributed by atoms with Crippen molar-refractivity contribution in [1.82, 2.24) is 20.4 Å². The number of esters is 1. The van der Waals surface area contributed by atoms with Crippen LogP contribution in [-0.2, 0) is 16.6 Å². The second kappa shape index (κ2) is 8.69. The number of rotatable bonds is 5. The molecule has 1 aromatic heterocycles.